The van der Waals surface area contributed by atoms with Gasteiger partial charge < -0.3 is 24.4 Å². The smallest absolute Gasteiger partial charge is 0.309 e. The molecule has 2 saturated heterocycles. The monoisotopic (exact) mass is 513 g/mol. The summed E-state index contributed by atoms with van der Waals surface area (Å²) in [4.78, 5) is 30.3. The average molecular weight is 514 g/mol. The summed E-state index contributed by atoms with van der Waals surface area (Å²) in [7, 11) is 0. The Morgan fingerprint density at radius 2 is 1.97 bits per heavy atom. The van der Waals surface area contributed by atoms with Crippen LogP contribution < -0.4 is 0 Å². The predicted molar refractivity (Wildman–Crippen MR) is 128 cm³/mol. The first-order valence-electron chi connectivity index (χ1n) is 11.9. The van der Waals surface area contributed by atoms with E-state index in [1.807, 2.05) is 12.3 Å². The van der Waals surface area contributed by atoms with Crippen LogP contribution >= 0.6 is 11.3 Å². The van der Waals surface area contributed by atoms with Crippen molar-refractivity contribution in [2.75, 3.05) is 13.2 Å². The number of carbonyl (C=O) groups is 2. The zero-order chi connectivity index (χ0) is 26.1. The Kier molecular flexibility index (Phi) is 8.53. The third-order valence-electron chi connectivity index (χ3n) is 7.00. The number of esters is 1. The maximum atomic E-state index is 15.1. The van der Waals surface area contributed by atoms with E-state index in [1.54, 1.807) is 40.7 Å². The highest BCUT2D eigenvalue weighted by Crippen LogP contribution is 2.43. The summed E-state index contributed by atoms with van der Waals surface area (Å²) in [6.07, 6.45) is -2.64. The maximum absolute atomic E-state index is 15.1. The Bertz CT molecular complexity index is 963. The number of aryl methyl sites for hydroxylation is 1. The molecule has 2 aliphatic heterocycles. The zero-order valence-corrected chi connectivity index (χ0v) is 21.9. The number of thiazole rings is 1. The number of fused-ring (bicyclic) bond motifs is 1. The molecule has 3 rings (SSSR count). The lowest BCUT2D eigenvalue weighted by molar-refractivity contribution is -0.154. The molecule has 0 radical (unpaired) electrons. The number of aromatic nitrogens is 1. The lowest BCUT2D eigenvalue weighted by Crippen LogP contribution is -2.46. The number of ketones is 1. The highest BCUT2D eigenvalue weighted by atomic mass is 32.1. The van der Waals surface area contributed by atoms with Gasteiger partial charge in [0.1, 0.15) is 24.6 Å². The van der Waals surface area contributed by atoms with Gasteiger partial charge in [0.25, 0.3) is 5.85 Å². The lowest BCUT2D eigenvalue weighted by atomic mass is 9.73. The molecule has 8 nitrogen and oxygen atoms in total. The maximum Gasteiger partial charge on any atom is 0.309 e. The number of ether oxygens (including phenoxy) is 3. The lowest BCUT2D eigenvalue weighted by Gasteiger charge is -2.34. The van der Waals surface area contributed by atoms with Gasteiger partial charge in [0.05, 0.1) is 41.4 Å². The third-order valence-corrected chi connectivity index (χ3v) is 7.79. The van der Waals surface area contributed by atoms with Gasteiger partial charge in [0.15, 0.2) is 0 Å². The van der Waals surface area contributed by atoms with Gasteiger partial charge >= 0.3 is 5.97 Å². The summed E-state index contributed by atoms with van der Waals surface area (Å²) in [5.41, 5.74) is 0.0512. The molecule has 0 unspecified atom stereocenters. The van der Waals surface area contributed by atoms with E-state index in [0.29, 0.717) is 11.3 Å². The van der Waals surface area contributed by atoms with Crippen LogP contribution in [0.4, 0.5) is 4.39 Å². The van der Waals surface area contributed by atoms with Crippen molar-refractivity contribution in [2.45, 2.75) is 84.7 Å². The van der Waals surface area contributed by atoms with Crippen molar-refractivity contribution in [2.24, 2.45) is 17.3 Å². The van der Waals surface area contributed by atoms with Crippen LogP contribution in [-0.2, 0) is 23.8 Å². The summed E-state index contributed by atoms with van der Waals surface area (Å²) in [5.74, 6) is -4.41. The van der Waals surface area contributed by atoms with Crippen molar-refractivity contribution < 1.29 is 38.4 Å². The number of nitrogens with zero attached hydrogens (tertiary/aromatic N) is 1. The Hall–Kier alpha value is -1.72. The standard InChI is InChI=1S/C25H36FNO7S/c1-13(7-17-11-35-16(4)27-17)18-8-20-25(26,34-20)12-32-10-14(2)22(30)15(3)23(31)24(5,6)19(28)9-21(29)33-18/h7,11,14-15,18-20,22,28,30H,8-10,12H2,1-6H3/t14-,15+,18-,19-,20-,22-,25+/m0/s1. The molecule has 2 N–H and O–H groups in total. The van der Waals surface area contributed by atoms with E-state index in [1.165, 1.54) is 11.3 Å². The second-order valence-electron chi connectivity index (χ2n) is 10.4. The Morgan fingerprint density at radius 3 is 2.60 bits per heavy atom. The van der Waals surface area contributed by atoms with Crippen LogP contribution in [0.15, 0.2) is 11.0 Å². The number of Topliss-reactive ketones (excluding diaryl/α,β-unsaturated/α-hetero) is 1. The normalized spacial score (nSPS) is 37.5. The van der Waals surface area contributed by atoms with Crippen LogP contribution in [0.2, 0.25) is 0 Å². The van der Waals surface area contributed by atoms with Crippen LogP contribution in [0.5, 0.6) is 0 Å². The number of aliphatic hydroxyl groups is 2. The van der Waals surface area contributed by atoms with Crippen molar-refractivity contribution in [3.8, 4) is 0 Å². The second kappa shape index (κ2) is 10.7. The fourth-order valence-corrected chi connectivity index (χ4v) is 4.92. The first-order chi connectivity index (χ1) is 16.2. The average Bonchev–Trinajstić information content (AvgIpc) is 3.22. The van der Waals surface area contributed by atoms with Gasteiger partial charge in [-0.1, -0.05) is 27.7 Å². The molecule has 3 heterocycles. The zero-order valence-electron chi connectivity index (χ0n) is 21.1. The molecule has 0 amide bonds. The largest absolute Gasteiger partial charge is 0.458 e. The number of carbonyl (C=O) groups excluding carboxylic acids is 2. The fraction of sp³-hybridized carbons (Fsp3) is 0.720. The summed E-state index contributed by atoms with van der Waals surface area (Å²) in [5, 5.41) is 24.2. The molecule has 10 heteroatoms. The van der Waals surface area contributed by atoms with Crippen LogP contribution in [0, 0.1) is 24.2 Å². The molecular formula is C25H36FNO7S. The minimum Gasteiger partial charge on any atom is -0.458 e. The van der Waals surface area contributed by atoms with Gasteiger partial charge in [0, 0.05) is 23.6 Å². The highest BCUT2D eigenvalue weighted by Gasteiger charge is 2.59. The van der Waals surface area contributed by atoms with Gasteiger partial charge in [-0.3, -0.25) is 9.59 Å². The number of cyclic esters (lactones) is 1. The first kappa shape index (κ1) is 27.9. The highest BCUT2D eigenvalue weighted by molar-refractivity contribution is 7.09. The molecule has 0 spiro atoms. The van der Waals surface area contributed by atoms with E-state index in [-0.39, 0.29) is 25.4 Å². The van der Waals surface area contributed by atoms with Crippen molar-refractivity contribution >= 4 is 29.2 Å². The number of alkyl halides is 1. The Balaban J connectivity index is 1.85. The van der Waals surface area contributed by atoms with E-state index in [2.05, 4.69) is 4.98 Å². The summed E-state index contributed by atoms with van der Waals surface area (Å²) in [6, 6.07) is 0. The van der Waals surface area contributed by atoms with Gasteiger partial charge in [-0.15, -0.1) is 11.3 Å². The van der Waals surface area contributed by atoms with Crippen LogP contribution in [-0.4, -0.2) is 70.4 Å². The third kappa shape index (κ3) is 6.54. The molecule has 0 aliphatic carbocycles. The van der Waals surface area contributed by atoms with E-state index in [4.69, 9.17) is 14.2 Å². The number of epoxide rings is 1. The Labute approximate surface area is 209 Å². The summed E-state index contributed by atoms with van der Waals surface area (Å²) >= 11 is 1.48. The molecule has 196 valence electrons. The molecule has 7 atom stereocenters. The van der Waals surface area contributed by atoms with Gasteiger partial charge in [-0.25, -0.2) is 9.37 Å². The van der Waals surface area contributed by atoms with Gasteiger partial charge in [-0.05, 0) is 25.5 Å². The quantitative estimate of drug-likeness (QED) is 0.457. The predicted octanol–water partition coefficient (Wildman–Crippen LogP) is 3.23. The molecule has 0 aromatic carbocycles. The van der Waals surface area contributed by atoms with Crippen molar-refractivity contribution in [1.29, 1.82) is 0 Å². The number of aliphatic hydroxyl groups excluding tert-OH is 2. The summed E-state index contributed by atoms with van der Waals surface area (Å²) < 4.78 is 31.5. The number of hydrogen-bond acceptors (Lipinski definition) is 9. The van der Waals surface area contributed by atoms with Crippen molar-refractivity contribution in [3.63, 3.8) is 0 Å². The van der Waals surface area contributed by atoms with Crippen molar-refractivity contribution in [3.05, 3.63) is 21.7 Å². The van der Waals surface area contributed by atoms with Gasteiger partial charge in [-0.2, -0.15) is 0 Å². The fourth-order valence-electron chi connectivity index (χ4n) is 4.35. The van der Waals surface area contributed by atoms with Gasteiger partial charge in [0.2, 0.25) is 0 Å². The number of rotatable bonds is 2. The minimum atomic E-state index is -2.02. The first-order valence-corrected chi connectivity index (χ1v) is 12.8. The molecule has 0 bridgehead atoms. The van der Waals surface area contributed by atoms with Crippen LogP contribution in [0.3, 0.4) is 0 Å². The van der Waals surface area contributed by atoms with Crippen molar-refractivity contribution in [1.82, 2.24) is 4.98 Å². The van der Waals surface area contributed by atoms with Crippen LogP contribution in [0.25, 0.3) is 6.08 Å². The second-order valence-corrected chi connectivity index (χ2v) is 11.4. The van der Waals surface area contributed by atoms with E-state index < -0.39 is 59.9 Å². The molecular weight excluding hydrogens is 477 g/mol. The SMILES string of the molecule is CC(=Cc1csc(C)n1)[C@@H]1C[C@@H]2O[C@]2(F)COC[C@H](C)[C@H](O)[C@@H](C)C(=O)C(C)(C)[C@@H](O)CC(=O)O1. The summed E-state index contributed by atoms with van der Waals surface area (Å²) in [6.45, 7) is 9.70. The minimum absolute atomic E-state index is 0.0318. The van der Waals surface area contributed by atoms with E-state index in [0.717, 1.165) is 5.01 Å². The topological polar surface area (TPSA) is 118 Å². The Morgan fingerprint density at radius 1 is 1.29 bits per heavy atom. The van der Waals surface area contributed by atoms with E-state index >= 15 is 4.39 Å². The molecule has 2 aliphatic rings. The van der Waals surface area contributed by atoms with Crippen LogP contribution in [0.1, 0.15) is 58.2 Å². The molecule has 1 aromatic rings. The van der Waals surface area contributed by atoms with E-state index in [9.17, 15) is 19.8 Å². The molecule has 1 aromatic heterocycles. The number of hydrogen-bond donors (Lipinski definition) is 2. The number of halogens is 1. The molecule has 0 saturated carbocycles. The molecule has 35 heavy (non-hydrogen) atoms. The molecule has 2 fully saturated rings.